The smallest absolute Gasteiger partial charge is 0.334 e. The summed E-state index contributed by atoms with van der Waals surface area (Å²) in [6.07, 6.45) is 0.270. The molecule has 0 saturated carbocycles. The van der Waals surface area contributed by atoms with Crippen molar-refractivity contribution in [2.75, 3.05) is 12.3 Å². The number of hydrogen-bond acceptors (Lipinski definition) is 4. The molecule has 15 heavy (non-hydrogen) atoms. The number of carboxylic acid groups (broad SMARTS) is 1. The third kappa shape index (κ3) is 3.10. The number of aliphatic hydroxyl groups is 1. The number of nitrogens with one attached hydrogen (secondary N) is 1. The van der Waals surface area contributed by atoms with Crippen LogP contribution in [0, 0.1) is 0 Å². The summed E-state index contributed by atoms with van der Waals surface area (Å²) in [4.78, 5) is 22.0. The van der Waals surface area contributed by atoms with Crippen LogP contribution in [0.25, 0.3) is 0 Å². The van der Waals surface area contributed by atoms with E-state index in [4.69, 9.17) is 10.2 Å². The Morgan fingerprint density at radius 3 is 2.73 bits per heavy atom. The molecule has 0 aromatic heterocycles. The molecular weight excluding hydrogens is 218 g/mol. The minimum absolute atomic E-state index is 0.190. The zero-order valence-electron chi connectivity index (χ0n) is 8.52. The van der Waals surface area contributed by atoms with Crippen molar-refractivity contribution in [3.63, 3.8) is 0 Å². The SMILES string of the molecule is CC1(C(=O)NCC(O)C(=O)O)CCCS1. The summed E-state index contributed by atoms with van der Waals surface area (Å²) >= 11 is 1.57. The predicted molar refractivity (Wildman–Crippen MR) is 56.7 cm³/mol. The van der Waals surface area contributed by atoms with Gasteiger partial charge in [0.05, 0.1) is 11.3 Å². The van der Waals surface area contributed by atoms with Gasteiger partial charge in [-0.1, -0.05) is 0 Å². The molecule has 0 aromatic rings. The maximum absolute atomic E-state index is 11.7. The molecule has 2 unspecified atom stereocenters. The standard InChI is InChI=1S/C9H15NO4S/c1-9(3-2-4-15-9)8(14)10-5-6(11)7(12)13/h6,11H,2-5H2,1H3,(H,10,14)(H,12,13). The van der Waals surface area contributed by atoms with Crippen molar-refractivity contribution in [3.05, 3.63) is 0 Å². The highest BCUT2D eigenvalue weighted by molar-refractivity contribution is 8.01. The van der Waals surface area contributed by atoms with Crippen LogP contribution in [0.2, 0.25) is 0 Å². The van der Waals surface area contributed by atoms with Gasteiger partial charge in [-0.25, -0.2) is 4.79 Å². The molecule has 1 aliphatic rings. The van der Waals surface area contributed by atoms with Gasteiger partial charge in [-0.15, -0.1) is 11.8 Å². The topological polar surface area (TPSA) is 86.6 Å². The van der Waals surface area contributed by atoms with E-state index in [-0.39, 0.29) is 12.5 Å². The lowest BCUT2D eigenvalue weighted by molar-refractivity contribution is -0.146. The minimum atomic E-state index is -1.52. The molecule has 0 radical (unpaired) electrons. The van der Waals surface area contributed by atoms with E-state index < -0.39 is 16.8 Å². The first-order valence-electron chi connectivity index (χ1n) is 4.79. The fourth-order valence-corrected chi connectivity index (χ4v) is 2.65. The van der Waals surface area contributed by atoms with Gasteiger partial charge in [-0.2, -0.15) is 0 Å². The monoisotopic (exact) mass is 233 g/mol. The molecule has 2 atom stereocenters. The lowest BCUT2D eigenvalue weighted by Crippen LogP contribution is -2.45. The van der Waals surface area contributed by atoms with Crippen molar-refractivity contribution in [3.8, 4) is 0 Å². The predicted octanol–water partition coefficient (Wildman–Crippen LogP) is -0.166. The fraction of sp³-hybridized carbons (Fsp3) is 0.778. The molecule has 5 nitrogen and oxygen atoms in total. The summed E-state index contributed by atoms with van der Waals surface area (Å²) in [5.41, 5.74) is 0. The van der Waals surface area contributed by atoms with Crippen LogP contribution in [0.5, 0.6) is 0 Å². The Kier molecular flexibility index (Phi) is 3.98. The molecule has 1 amide bonds. The van der Waals surface area contributed by atoms with Gasteiger partial charge in [0.2, 0.25) is 5.91 Å². The van der Waals surface area contributed by atoms with Gasteiger partial charge in [0.25, 0.3) is 0 Å². The van der Waals surface area contributed by atoms with Crippen LogP contribution >= 0.6 is 11.8 Å². The van der Waals surface area contributed by atoms with Crippen molar-refractivity contribution in [2.45, 2.75) is 30.6 Å². The number of rotatable bonds is 4. The molecule has 1 heterocycles. The molecule has 86 valence electrons. The summed E-state index contributed by atoms with van der Waals surface area (Å²) in [7, 11) is 0. The molecule has 0 aliphatic carbocycles. The van der Waals surface area contributed by atoms with Crippen LogP contribution in [0.1, 0.15) is 19.8 Å². The summed E-state index contributed by atoms with van der Waals surface area (Å²) in [6.45, 7) is 1.61. The normalized spacial score (nSPS) is 27.3. The number of carbonyl (C=O) groups is 2. The second-order valence-electron chi connectivity index (χ2n) is 3.75. The lowest BCUT2D eigenvalue weighted by Gasteiger charge is -2.21. The first-order chi connectivity index (χ1) is 6.96. The van der Waals surface area contributed by atoms with E-state index in [0.29, 0.717) is 0 Å². The van der Waals surface area contributed by atoms with Crippen molar-refractivity contribution in [2.24, 2.45) is 0 Å². The lowest BCUT2D eigenvalue weighted by atomic mass is 10.0. The summed E-state index contributed by atoms with van der Waals surface area (Å²) in [5, 5.41) is 19.9. The van der Waals surface area contributed by atoms with Crippen molar-refractivity contribution < 1.29 is 19.8 Å². The van der Waals surface area contributed by atoms with Crippen molar-refractivity contribution in [1.82, 2.24) is 5.32 Å². The molecule has 0 bridgehead atoms. The Labute approximate surface area is 92.2 Å². The highest BCUT2D eigenvalue weighted by Crippen LogP contribution is 2.37. The van der Waals surface area contributed by atoms with Gasteiger partial charge in [0.15, 0.2) is 6.10 Å². The Hall–Kier alpha value is -0.750. The summed E-state index contributed by atoms with van der Waals surface area (Å²) < 4.78 is -0.460. The first-order valence-corrected chi connectivity index (χ1v) is 5.77. The minimum Gasteiger partial charge on any atom is -0.479 e. The maximum atomic E-state index is 11.7. The van der Waals surface area contributed by atoms with Gasteiger partial charge < -0.3 is 15.5 Å². The number of thioether (sulfide) groups is 1. The van der Waals surface area contributed by atoms with E-state index in [2.05, 4.69) is 5.32 Å². The largest absolute Gasteiger partial charge is 0.479 e. The molecule has 0 aromatic carbocycles. The zero-order valence-corrected chi connectivity index (χ0v) is 9.34. The van der Waals surface area contributed by atoms with Gasteiger partial charge >= 0.3 is 5.97 Å². The average molecular weight is 233 g/mol. The van der Waals surface area contributed by atoms with E-state index in [0.717, 1.165) is 18.6 Å². The second-order valence-corrected chi connectivity index (χ2v) is 5.34. The molecule has 6 heteroatoms. The number of hydrogen-bond donors (Lipinski definition) is 3. The Morgan fingerprint density at radius 1 is 1.60 bits per heavy atom. The third-order valence-corrected chi connectivity index (χ3v) is 3.96. The summed E-state index contributed by atoms with van der Waals surface area (Å²) in [6, 6.07) is 0. The molecule has 1 rings (SSSR count). The summed E-state index contributed by atoms with van der Waals surface area (Å²) in [5.74, 6) is -0.560. The Morgan fingerprint density at radius 2 is 2.27 bits per heavy atom. The number of carboxylic acids is 1. The zero-order chi connectivity index (χ0) is 11.5. The number of aliphatic hydroxyl groups excluding tert-OH is 1. The third-order valence-electron chi connectivity index (χ3n) is 2.44. The number of aliphatic carboxylic acids is 1. The van der Waals surface area contributed by atoms with Crippen molar-refractivity contribution in [1.29, 1.82) is 0 Å². The molecule has 0 spiro atoms. The molecule has 1 fully saturated rings. The molecular formula is C9H15NO4S. The van der Waals surface area contributed by atoms with Crippen LogP contribution in [0.3, 0.4) is 0 Å². The van der Waals surface area contributed by atoms with E-state index >= 15 is 0 Å². The number of amides is 1. The molecule has 3 N–H and O–H groups in total. The van der Waals surface area contributed by atoms with E-state index in [1.807, 2.05) is 6.92 Å². The van der Waals surface area contributed by atoms with E-state index in [9.17, 15) is 9.59 Å². The van der Waals surface area contributed by atoms with Gasteiger partial charge in [0.1, 0.15) is 0 Å². The molecule has 1 saturated heterocycles. The first kappa shape index (κ1) is 12.3. The highest BCUT2D eigenvalue weighted by atomic mass is 32.2. The Bertz CT molecular complexity index is 263. The van der Waals surface area contributed by atoms with Crippen LogP contribution in [0.15, 0.2) is 0 Å². The van der Waals surface area contributed by atoms with Gasteiger partial charge in [0, 0.05) is 0 Å². The van der Waals surface area contributed by atoms with Gasteiger partial charge in [-0.05, 0) is 25.5 Å². The van der Waals surface area contributed by atoms with E-state index in [1.54, 1.807) is 11.8 Å². The van der Waals surface area contributed by atoms with Gasteiger partial charge in [-0.3, -0.25) is 4.79 Å². The maximum Gasteiger partial charge on any atom is 0.334 e. The molecule has 1 aliphatic heterocycles. The van der Waals surface area contributed by atoms with Crippen LogP contribution in [-0.2, 0) is 9.59 Å². The van der Waals surface area contributed by atoms with Crippen LogP contribution < -0.4 is 5.32 Å². The van der Waals surface area contributed by atoms with Crippen LogP contribution in [0.4, 0.5) is 0 Å². The average Bonchev–Trinajstić information content (AvgIpc) is 2.62. The van der Waals surface area contributed by atoms with Crippen molar-refractivity contribution >= 4 is 23.6 Å². The number of carbonyl (C=O) groups excluding carboxylic acids is 1. The highest BCUT2D eigenvalue weighted by Gasteiger charge is 2.37. The second kappa shape index (κ2) is 4.85. The van der Waals surface area contributed by atoms with Crippen LogP contribution in [-0.4, -0.2) is 45.2 Å². The quantitative estimate of drug-likeness (QED) is 0.628. The van der Waals surface area contributed by atoms with E-state index in [1.165, 1.54) is 0 Å². The fourth-order valence-electron chi connectivity index (χ4n) is 1.42. The Balaban J connectivity index is 2.39.